The molecule has 1 saturated heterocycles. The summed E-state index contributed by atoms with van der Waals surface area (Å²) in [4.78, 5) is 0. The SMILES string of the molecule is CCCCCCCC/C=C\CCCCCCCC1(CCCCCCC/C=C\CCCCCCCC)OCC(CCCO)O1. The highest BCUT2D eigenvalue weighted by Crippen LogP contribution is 2.36. The normalized spacial score (nSPS) is 16.8. The zero-order valence-electron chi connectivity index (χ0n) is 29.3. The van der Waals surface area contributed by atoms with Gasteiger partial charge in [0.15, 0.2) is 5.79 Å². The van der Waals surface area contributed by atoms with Crippen molar-refractivity contribution in [1.82, 2.24) is 0 Å². The molecule has 1 aliphatic heterocycles. The van der Waals surface area contributed by atoms with Gasteiger partial charge < -0.3 is 14.6 Å². The van der Waals surface area contributed by atoms with E-state index in [1.54, 1.807) is 0 Å². The van der Waals surface area contributed by atoms with E-state index in [0.717, 1.165) is 25.7 Å². The van der Waals surface area contributed by atoms with Crippen molar-refractivity contribution in [2.24, 2.45) is 0 Å². The fourth-order valence-corrected chi connectivity index (χ4v) is 6.40. The van der Waals surface area contributed by atoms with Crippen LogP contribution in [0.4, 0.5) is 0 Å². The highest BCUT2D eigenvalue weighted by Gasteiger charge is 2.40. The summed E-state index contributed by atoms with van der Waals surface area (Å²) in [6.07, 6.45) is 48.3. The monoisotopic (exact) mass is 605 g/mol. The summed E-state index contributed by atoms with van der Waals surface area (Å²) in [5.74, 6) is -0.362. The van der Waals surface area contributed by atoms with Crippen LogP contribution in [0, 0.1) is 0 Å². The molecule has 1 rings (SSSR count). The van der Waals surface area contributed by atoms with E-state index < -0.39 is 0 Å². The summed E-state index contributed by atoms with van der Waals surface area (Å²) >= 11 is 0. The van der Waals surface area contributed by atoms with Crippen LogP contribution < -0.4 is 0 Å². The first-order chi connectivity index (χ1) is 21.3. The molecule has 1 N–H and O–H groups in total. The Balaban J connectivity index is 2.11. The molecule has 0 aromatic carbocycles. The third-order valence-corrected chi connectivity index (χ3v) is 9.24. The van der Waals surface area contributed by atoms with Crippen molar-refractivity contribution >= 4 is 0 Å². The lowest BCUT2D eigenvalue weighted by atomic mass is 9.99. The average molecular weight is 605 g/mol. The summed E-state index contributed by atoms with van der Waals surface area (Å²) in [7, 11) is 0. The molecular formula is C40H76O3. The van der Waals surface area contributed by atoms with Gasteiger partial charge in [0.25, 0.3) is 0 Å². The maximum Gasteiger partial charge on any atom is 0.168 e. The van der Waals surface area contributed by atoms with E-state index in [9.17, 15) is 5.11 Å². The molecule has 0 spiro atoms. The summed E-state index contributed by atoms with van der Waals surface area (Å²) in [6, 6.07) is 0. The largest absolute Gasteiger partial charge is 0.396 e. The van der Waals surface area contributed by atoms with Gasteiger partial charge in [-0.2, -0.15) is 0 Å². The van der Waals surface area contributed by atoms with Gasteiger partial charge in [-0.3, -0.25) is 0 Å². The summed E-state index contributed by atoms with van der Waals surface area (Å²) in [6.45, 7) is 5.52. The zero-order chi connectivity index (χ0) is 30.9. The number of rotatable bonds is 33. The Morgan fingerprint density at radius 3 is 1.28 bits per heavy atom. The lowest BCUT2D eigenvalue weighted by molar-refractivity contribution is -0.180. The quantitative estimate of drug-likeness (QED) is 0.0598. The summed E-state index contributed by atoms with van der Waals surface area (Å²) in [5, 5.41) is 9.26. The fraction of sp³-hybridized carbons (Fsp3) is 0.900. The van der Waals surface area contributed by atoms with Gasteiger partial charge in [0.2, 0.25) is 0 Å². The molecule has 1 unspecified atom stereocenters. The maximum atomic E-state index is 9.26. The zero-order valence-corrected chi connectivity index (χ0v) is 29.3. The Morgan fingerprint density at radius 2 is 0.884 bits per heavy atom. The van der Waals surface area contributed by atoms with Crippen LogP contribution in [-0.2, 0) is 9.47 Å². The van der Waals surface area contributed by atoms with Crippen LogP contribution in [0.1, 0.15) is 206 Å². The molecule has 0 amide bonds. The fourth-order valence-electron chi connectivity index (χ4n) is 6.40. The first kappa shape index (κ1) is 40.4. The molecule has 0 bridgehead atoms. The van der Waals surface area contributed by atoms with E-state index >= 15 is 0 Å². The smallest absolute Gasteiger partial charge is 0.168 e. The number of ether oxygens (including phenoxy) is 2. The second-order valence-electron chi connectivity index (χ2n) is 13.5. The summed E-state index contributed by atoms with van der Waals surface area (Å²) in [5.41, 5.74) is 0. The van der Waals surface area contributed by atoms with Crippen molar-refractivity contribution in [3.63, 3.8) is 0 Å². The van der Waals surface area contributed by atoms with Gasteiger partial charge in [0.1, 0.15) is 0 Å². The second-order valence-corrected chi connectivity index (χ2v) is 13.5. The highest BCUT2D eigenvalue weighted by atomic mass is 16.7. The molecule has 0 aromatic heterocycles. The van der Waals surface area contributed by atoms with E-state index in [1.165, 1.54) is 167 Å². The molecule has 0 radical (unpaired) electrons. The first-order valence-corrected chi connectivity index (χ1v) is 19.5. The van der Waals surface area contributed by atoms with Crippen LogP contribution in [0.15, 0.2) is 24.3 Å². The van der Waals surface area contributed by atoms with Gasteiger partial charge in [-0.15, -0.1) is 0 Å². The van der Waals surface area contributed by atoms with Gasteiger partial charge in [-0.1, -0.05) is 141 Å². The molecule has 3 heteroatoms. The minimum atomic E-state index is -0.362. The van der Waals surface area contributed by atoms with E-state index in [-0.39, 0.29) is 18.5 Å². The van der Waals surface area contributed by atoms with E-state index in [2.05, 4.69) is 38.2 Å². The van der Waals surface area contributed by atoms with Gasteiger partial charge in [-0.25, -0.2) is 0 Å². The van der Waals surface area contributed by atoms with E-state index in [1.807, 2.05) is 0 Å². The third kappa shape index (κ3) is 25.3. The number of unbranched alkanes of at least 4 members (excludes halogenated alkanes) is 22. The number of hydrogen-bond donors (Lipinski definition) is 1. The summed E-state index contributed by atoms with van der Waals surface area (Å²) < 4.78 is 12.9. The number of aliphatic hydroxyl groups is 1. The molecular weight excluding hydrogens is 528 g/mol. The molecule has 0 saturated carbocycles. The van der Waals surface area contributed by atoms with Crippen LogP contribution in [0.25, 0.3) is 0 Å². The van der Waals surface area contributed by atoms with Crippen LogP contribution in [0.5, 0.6) is 0 Å². The van der Waals surface area contributed by atoms with Gasteiger partial charge in [-0.05, 0) is 77.0 Å². The second kappa shape index (κ2) is 31.3. The Morgan fingerprint density at radius 1 is 0.512 bits per heavy atom. The van der Waals surface area contributed by atoms with Crippen molar-refractivity contribution < 1.29 is 14.6 Å². The topological polar surface area (TPSA) is 38.7 Å². The highest BCUT2D eigenvalue weighted by molar-refractivity contribution is 4.83. The Labute approximate surface area is 270 Å². The van der Waals surface area contributed by atoms with Crippen molar-refractivity contribution in [2.45, 2.75) is 218 Å². The van der Waals surface area contributed by atoms with Crippen molar-refractivity contribution in [1.29, 1.82) is 0 Å². The molecule has 1 fully saturated rings. The Bertz CT molecular complexity index is 573. The predicted molar refractivity (Wildman–Crippen MR) is 189 cm³/mol. The van der Waals surface area contributed by atoms with E-state index in [4.69, 9.17) is 9.47 Å². The molecule has 1 heterocycles. The third-order valence-electron chi connectivity index (χ3n) is 9.24. The molecule has 3 nitrogen and oxygen atoms in total. The molecule has 254 valence electrons. The average Bonchev–Trinajstić information content (AvgIpc) is 3.43. The van der Waals surface area contributed by atoms with Crippen LogP contribution >= 0.6 is 0 Å². The number of aliphatic hydroxyl groups excluding tert-OH is 1. The first-order valence-electron chi connectivity index (χ1n) is 19.5. The van der Waals surface area contributed by atoms with Crippen LogP contribution in [0.3, 0.4) is 0 Å². The Hall–Kier alpha value is -0.640. The molecule has 1 atom stereocenters. The minimum absolute atomic E-state index is 0.165. The van der Waals surface area contributed by atoms with Gasteiger partial charge >= 0.3 is 0 Å². The van der Waals surface area contributed by atoms with Crippen molar-refractivity contribution in [3.05, 3.63) is 24.3 Å². The number of allylic oxidation sites excluding steroid dienone is 4. The van der Waals surface area contributed by atoms with Crippen molar-refractivity contribution in [3.8, 4) is 0 Å². The lowest BCUT2D eigenvalue weighted by Gasteiger charge is -2.28. The molecule has 0 aromatic rings. The lowest BCUT2D eigenvalue weighted by Crippen LogP contribution is -2.31. The minimum Gasteiger partial charge on any atom is -0.396 e. The van der Waals surface area contributed by atoms with Gasteiger partial charge in [0.05, 0.1) is 12.7 Å². The predicted octanol–water partition coefficient (Wildman–Crippen LogP) is 12.9. The maximum absolute atomic E-state index is 9.26. The van der Waals surface area contributed by atoms with Crippen LogP contribution in [-0.4, -0.2) is 30.2 Å². The molecule has 1 aliphatic rings. The number of hydrogen-bond acceptors (Lipinski definition) is 3. The van der Waals surface area contributed by atoms with Crippen LogP contribution in [0.2, 0.25) is 0 Å². The standard InChI is InChI=1S/C40H76O3/c1-3-5-7-9-11-13-15-17-19-21-23-25-27-29-31-35-40(42-38-39(43-40)34-33-37-41)36-32-30-28-26-24-22-20-18-16-14-12-10-8-6-4-2/h17-20,39,41H,3-16,21-38H2,1-2H3/b19-17-,20-18-. The van der Waals surface area contributed by atoms with Crippen molar-refractivity contribution in [2.75, 3.05) is 13.2 Å². The Kier molecular flexibility index (Phi) is 29.4. The van der Waals surface area contributed by atoms with E-state index in [0.29, 0.717) is 6.61 Å². The molecule has 43 heavy (non-hydrogen) atoms. The molecule has 0 aliphatic carbocycles. The van der Waals surface area contributed by atoms with Gasteiger partial charge in [0, 0.05) is 19.4 Å².